The van der Waals surface area contributed by atoms with Crippen LogP contribution in [0.4, 0.5) is 0 Å². The lowest BCUT2D eigenvalue weighted by molar-refractivity contribution is 0.392. The van der Waals surface area contributed by atoms with Crippen molar-refractivity contribution >= 4 is 27.8 Å². The van der Waals surface area contributed by atoms with Gasteiger partial charge in [0.15, 0.2) is 0 Å². The predicted octanol–water partition coefficient (Wildman–Crippen LogP) is 3.06. The lowest BCUT2D eigenvalue weighted by Gasteiger charge is -2.10. The minimum atomic E-state index is -3.97. The molecule has 0 unspecified atom stereocenters. The molecule has 0 bridgehead atoms. The molecule has 3 aromatic rings. The first-order chi connectivity index (χ1) is 13.4. The molecule has 0 radical (unpaired) electrons. The fraction of sp³-hybridized carbons (Fsp3) is 0.111. The fourth-order valence-electron chi connectivity index (χ4n) is 2.45. The van der Waals surface area contributed by atoms with Crippen LogP contribution in [-0.2, 0) is 10.0 Å². The quantitative estimate of drug-likeness (QED) is 0.451. The molecule has 3 rings (SSSR count). The highest BCUT2D eigenvalue weighted by Gasteiger charge is 2.20. The molecule has 2 N–H and O–H groups in total. The number of nitrogens with one attached hydrogen (secondary N) is 2. The Morgan fingerprint density at radius 1 is 1.14 bits per heavy atom. The van der Waals surface area contributed by atoms with E-state index in [1.165, 1.54) is 38.8 Å². The molecule has 2 aromatic carbocycles. The molecule has 0 aliphatic heterocycles. The van der Waals surface area contributed by atoms with Crippen LogP contribution >= 0.6 is 11.6 Å². The summed E-state index contributed by atoms with van der Waals surface area (Å²) in [5.41, 5.74) is 2.11. The van der Waals surface area contributed by atoms with Crippen molar-refractivity contribution in [1.82, 2.24) is 15.0 Å². The number of hydrazone groups is 1. The first-order valence-corrected chi connectivity index (χ1v) is 9.87. The van der Waals surface area contributed by atoms with Gasteiger partial charge in [-0.25, -0.2) is 0 Å². The molecule has 8 nitrogen and oxygen atoms in total. The molecule has 0 fully saturated rings. The van der Waals surface area contributed by atoms with Crippen LogP contribution in [0.1, 0.15) is 5.56 Å². The molecule has 0 saturated carbocycles. The number of sulfonamides is 1. The lowest BCUT2D eigenvalue weighted by Crippen LogP contribution is -2.19. The van der Waals surface area contributed by atoms with E-state index >= 15 is 0 Å². The summed E-state index contributed by atoms with van der Waals surface area (Å²) in [4.78, 5) is 2.08. The van der Waals surface area contributed by atoms with E-state index in [9.17, 15) is 8.42 Å². The number of ether oxygens (including phenoxy) is 2. The van der Waals surface area contributed by atoms with Crippen LogP contribution in [-0.4, -0.2) is 39.0 Å². The van der Waals surface area contributed by atoms with Crippen LogP contribution in [0, 0.1) is 0 Å². The van der Waals surface area contributed by atoms with Gasteiger partial charge in [-0.05, 0) is 24.3 Å². The average molecular weight is 421 g/mol. The number of nitrogens with zero attached hydrogens (tertiary/aromatic N) is 2. The molecule has 146 valence electrons. The lowest BCUT2D eigenvalue weighted by atomic mass is 10.1. The van der Waals surface area contributed by atoms with Crippen LogP contribution in [0.2, 0.25) is 5.02 Å². The van der Waals surface area contributed by atoms with E-state index < -0.39 is 10.0 Å². The molecular formula is C18H17ClN4O4S. The van der Waals surface area contributed by atoms with Crippen LogP contribution in [0.15, 0.2) is 58.7 Å². The SMILES string of the molecule is COc1ccc(OC)c(S(=O)(=O)N/N=C\c2cn[nH]c2-c2ccc(Cl)cc2)c1. The van der Waals surface area contributed by atoms with Crippen molar-refractivity contribution < 1.29 is 17.9 Å². The zero-order valence-corrected chi connectivity index (χ0v) is 16.6. The van der Waals surface area contributed by atoms with Gasteiger partial charge < -0.3 is 9.47 Å². The Morgan fingerprint density at radius 3 is 2.57 bits per heavy atom. The second-order valence-electron chi connectivity index (χ2n) is 5.58. The maximum Gasteiger partial charge on any atom is 0.280 e. The first kappa shape index (κ1) is 19.7. The topological polar surface area (TPSA) is 106 Å². The van der Waals surface area contributed by atoms with Crippen molar-refractivity contribution in [3.63, 3.8) is 0 Å². The van der Waals surface area contributed by atoms with E-state index in [1.54, 1.807) is 18.2 Å². The molecule has 1 heterocycles. The number of rotatable bonds is 7. The fourth-order valence-corrected chi connectivity index (χ4v) is 3.55. The maximum absolute atomic E-state index is 12.6. The summed E-state index contributed by atoms with van der Waals surface area (Å²) in [6.07, 6.45) is 2.89. The van der Waals surface area contributed by atoms with Gasteiger partial charge >= 0.3 is 0 Å². The van der Waals surface area contributed by atoms with E-state index in [0.717, 1.165) is 5.56 Å². The van der Waals surface area contributed by atoms with Crippen LogP contribution < -0.4 is 14.3 Å². The Kier molecular flexibility index (Phi) is 5.86. The minimum absolute atomic E-state index is 0.0865. The van der Waals surface area contributed by atoms with Gasteiger partial charge in [-0.1, -0.05) is 23.7 Å². The number of H-pyrrole nitrogens is 1. The maximum atomic E-state index is 12.6. The summed E-state index contributed by atoms with van der Waals surface area (Å²) in [6.45, 7) is 0. The number of benzene rings is 2. The summed E-state index contributed by atoms with van der Waals surface area (Å²) in [5.74, 6) is 0.554. The van der Waals surface area contributed by atoms with E-state index in [2.05, 4.69) is 20.1 Å². The third kappa shape index (κ3) is 4.26. The smallest absolute Gasteiger partial charge is 0.280 e. The van der Waals surface area contributed by atoms with Gasteiger partial charge in [-0.2, -0.15) is 23.4 Å². The molecule has 10 heteroatoms. The van der Waals surface area contributed by atoms with Crippen molar-refractivity contribution in [1.29, 1.82) is 0 Å². The van der Waals surface area contributed by atoms with Gasteiger partial charge in [-0.15, -0.1) is 0 Å². The highest BCUT2D eigenvalue weighted by atomic mass is 35.5. The summed E-state index contributed by atoms with van der Waals surface area (Å²) in [7, 11) is -1.14. The van der Waals surface area contributed by atoms with Crippen LogP contribution in [0.5, 0.6) is 11.5 Å². The van der Waals surface area contributed by atoms with Crippen molar-refractivity contribution in [3.8, 4) is 22.8 Å². The molecule has 1 aromatic heterocycles. The molecular weight excluding hydrogens is 404 g/mol. The zero-order valence-electron chi connectivity index (χ0n) is 15.0. The van der Waals surface area contributed by atoms with E-state index in [1.807, 2.05) is 12.1 Å². The zero-order chi connectivity index (χ0) is 20.1. The third-order valence-corrected chi connectivity index (χ3v) is 5.33. The Morgan fingerprint density at radius 2 is 1.89 bits per heavy atom. The summed E-state index contributed by atoms with van der Waals surface area (Å²) in [5, 5.41) is 11.3. The second kappa shape index (κ2) is 8.32. The summed E-state index contributed by atoms with van der Waals surface area (Å²) < 4.78 is 35.4. The van der Waals surface area contributed by atoms with Crippen LogP contribution in [0.25, 0.3) is 11.3 Å². The molecule has 0 spiro atoms. The Labute approximate surface area is 167 Å². The summed E-state index contributed by atoms with van der Waals surface area (Å²) in [6, 6.07) is 11.6. The first-order valence-electron chi connectivity index (χ1n) is 8.01. The number of hydrogen-bond acceptors (Lipinski definition) is 6. The van der Waals surface area contributed by atoms with E-state index in [0.29, 0.717) is 22.0 Å². The van der Waals surface area contributed by atoms with Gasteiger partial charge in [0.25, 0.3) is 10.0 Å². The number of aromatic amines is 1. The molecule has 0 amide bonds. The van der Waals surface area contributed by atoms with Crippen molar-refractivity contribution in [3.05, 3.63) is 59.2 Å². The molecule has 28 heavy (non-hydrogen) atoms. The van der Waals surface area contributed by atoms with Gasteiger partial charge in [0.2, 0.25) is 0 Å². The minimum Gasteiger partial charge on any atom is -0.497 e. The van der Waals surface area contributed by atoms with Gasteiger partial charge in [0.1, 0.15) is 16.4 Å². The van der Waals surface area contributed by atoms with E-state index in [4.69, 9.17) is 21.1 Å². The molecule has 0 atom stereocenters. The predicted molar refractivity (Wildman–Crippen MR) is 106 cm³/mol. The number of methoxy groups -OCH3 is 2. The Balaban J connectivity index is 1.84. The monoisotopic (exact) mass is 420 g/mol. The van der Waals surface area contributed by atoms with Crippen molar-refractivity contribution in [2.75, 3.05) is 14.2 Å². The highest BCUT2D eigenvalue weighted by Crippen LogP contribution is 2.28. The van der Waals surface area contributed by atoms with Gasteiger partial charge in [-0.3, -0.25) is 5.10 Å². The molecule has 0 aliphatic rings. The van der Waals surface area contributed by atoms with Crippen molar-refractivity contribution in [2.24, 2.45) is 5.10 Å². The largest absolute Gasteiger partial charge is 0.497 e. The number of halogens is 1. The van der Waals surface area contributed by atoms with Gasteiger partial charge in [0.05, 0.1) is 32.3 Å². The Bertz CT molecular complexity index is 1100. The third-order valence-electron chi connectivity index (χ3n) is 3.84. The Hall–Kier alpha value is -3.04. The molecule has 0 saturated heterocycles. The highest BCUT2D eigenvalue weighted by molar-refractivity contribution is 7.89. The number of hydrogen-bond donors (Lipinski definition) is 2. The van der Waals surface area contributed by atoms with Gasteiger partial charge in [0, 0.05) is 22.2 Å². The van der Waals surface area contributed by atoms with Crippen LogP contribution in [0.3, 0.4) is 0 Å². The molecule has 0 aliphatic carbocycles. The average Bonchev–Trinajstić information content (AvgIpc) is 3.16. The normalized spacial score (nSPS) is 11.5. The second-order valence-corrected chi connectivity index (χ2v) is 7.64. The van der Waals surface area contributed by atoms with Crippen molar-refractivity contribution in [2.45, 2.75) is 4.90 Å². The van der Waals surface area contributed by atoms with E-state index in [-0.39, 0.29) is 10.6 Å². The number of aromatic nitrogens is 2. The summed E-state index contributed by atoms with van der Waals surface area (Å²) >= 11 is 5.90. The standard InChI is InChI=1S/C18H17ClN4O4S/c1-26-15-7-8-16(27-2)17(9-15)28(24,25)23-21-11-13-10-20-22-18(13)12-3-5-14(19)6-4-12/h3-11,23H,1-2H3,(H,20,22)/b21-11-.